The Hall–Kier alpha value is -1.43. The summed E-state index contributed by atoms with van der Waals surface area (Å²) >= 11 is 0. The van der Waals surface area contributed by atoms with Crippen LogP contribution in [0.15, 0.2) is 0 Å². The highest BCUT2D eigenvalue weighted by Gasteiger charge is 2.16. The maximum absolute atomic E-state index is 11.9. The molecule has 1 saturated heterocycles. The van der Waals surface area contributed by atoms with E-state index in [1.54, 1.807) is 0 Å². The predicted octanol–water partition coefficient (Wildman–Crippen LogP) is 1.22. The van der Waals surface area contributed by atoms with Crippen molar-refractivity contribution in [2.24, 2.45) is 5.92 Å². The number of hydrogen-bond acceptors (Lipinski definition) is 4. The van der Waals surface area contributed by atoms with Crippen LogP contribution in [-0.4, -0.2) is 52.2 Å². The van der Waals surface area contributed by atoms with Gasteiger partial charge in [-0.3, -0.25) is 9.89 Å². The number of amides is 1. The summed E-state index contributed by atoms with van der Waals surface area (Å²) in [5.74, 6) is 1.68. The molecule has 0 spiro atoms. The van der Waals surface area contributed by atoms with Crippen molar-refractivity contribution in [2.75, 3.05) is 26.2 Å². The molecule has 1 aromatic rings. The standard InChI is InChI=1S/C14H25N5O/c1-3-4-12-16-13(18-17-12)14(20)15-7-10-19-8-5-11(2)6-9-19/h11H,3-10H2,1-2H3,(H,15,20)(H,16,17,18). The summed E-state index contributed by atoms with van der Waals surface area (Å²) in [5.41, 5.74) is 0. The third-order valence-corrected chi connectivity index (χ3v) is 3.81. The number of rotatable bonds is 6. The number of aryl methyl sites for hydroxylation is 1. The van der Waals surface area contributed by atoms with Gasteiger partial charge in [-0.25, -0.2) is 4.98 Å². The molecule has 0 bridgehead atoms. The molecule has 0 radical (unpaired) electrons. The zero-order chi connectivity index (χ0) is 14.4. The van der Waals surface area contributed by atoms with E-state index >= 15 is 0 Å². The largest absolute Gasteiger partial charge is 0.348 e. The monoisotopic (exact) mass is 279 g/mol. The highest BCUT2D eigenvalue weighted by Crippen LogP contribution is 2.15. The van der Waals surface area contributed by atoms with Gasteiger partial charge in [0.15, 0.2) is 0 Å². The van der Waals surface area contributed by atoms with Gasteiger partial charge < -0.3 is 10.2 Å². The number of likely N-dealkylation sites (tertiary alicyclic amines) is 1. The topological polar surface area (TPSA) is 73.9 Å². The molecule has 20 heavy (non-hydrogen) atoms. The van der Waals surface area contributed by atoms with Crippen LogP contribution in [0, 0.1) is 5.92 Å². The molecule has 1 fully saturated rings. The minimum absolute atomic E-state index is 0.186. The van der Waals surface area contributed by atoms with Crippen LogP contribution in [0.3, 0.4) is 0 Å². The first-order valence-electron chi connectivity index (χ1n) is 7.61. The number of aromatic nitrogens is 3. The minimum Gasteiger partial charge on any atom is -0.348 e. The summed E-state index contributed by atoms with van der Waals surface area (Å²) in [7, 11) is 0. The molecule has 0 unspecified atom stereocenters. The number of nitrogens with zero attached hydrogens (tertiary/aromatic N) is 3. The zero-order valence-corrected chi connectivity index (χ0v) is 12.5. The Morgan fingerprint density at radius 1 is 1.45 bits per heavy atom. The van der Waals surface area contributed by atoms with Gasteiger partial charge in [-0.15, -0.1) is 5.10 Å². The van der Waals surface area contributed by atoms with E-state index < -0.39 is 0 Å². The molecule has 0 atom stereocenters. The molecule has 1 amide bonds. The lowest BCUT2D eigenvalue weighted by Crippen LogP contribution is -2.39. The average molecular weight is 279 g/mol. The highest BCUT2D eigenvalue weighted by atomic mass is 16.2. The van der Waals surface area contributed by atoms with Gasteiger partial charge in [0.1, 0.15) is 5.82 Å². The fourth-order valence-corrected chi connectivity index (χ4v) is 2.44. The second-order valence-electron chi connectivity index (χ2n) is 5.64. The summed E-state index contributed by atoms with van der Waals surface area (Å²) in [4.78, 5) is 18.5. The zero-order valence-electron chi connectivity index (χ0n) is 12.5. The molecule has 6 heteroatoms. The van der Waals surface area contributed by atoms with Crippen molar-refractivity contribution in [1.29, 1.82) is 0 Å². The maximum atomic E-state index is 11.9. The van der Waals surface area contributed by atoms with E-state index in [4.69, 9.17) is 0 Å². The number of carbonyl (C=O) groups is 1. The van der Waals surface area contributed by atoms with Crippen molar-refractivity contribution in [1.82, 2.24) is 25.4 Å². The Balaban J connectivity index is 1.69. The van der Waals surface area contributed by atoms with Gasteiger partial charge >= 0.3 is 0 Å². The summed E-state index contributed by atoms with van der Waals surface area (Å²) < 4.78 is 0. The number of nitrogens with one attached hydrogen (secondary N) is 2. The van der Waals surface area contributed by atoms with Gasteiger partial charge in [0.25, 0.3) is 5.91 Å². The summed E-state index contributed by atoms with van der Waals surface area (Å²) in [6, 6.07) is 0. The number of aromatic amines is 1. The molecular weight excluding hydrogens is 254 g/mol. The van der Waals surface area contributed by atoms with Crippen molar-refractivity contribution >= 4 is 5.91 Å². The molecule has 2 heterocycles. The Kier molecular flexibility index (Phi) is 5.52. The van der Waals surface area contributed by atoms with Crippen molar-refractivity contribution in [3.63, 3.8) is 0 Å². The number of H-pyrrole nitrogens is 1. The maximum Gasteiger partial charge on any atom is 0.291 e. The molecule has 0 saturated carbocycles. The molecule has 1 aliphatic heterocycles. The van der Waals surface area contributed by atoms with Gasteiger partial charge in [-0.2, -0.15) is 0 Å². The van der Waals surface area contributed by atoms with E-state index in [1.165, 1.54) is 12.8 Å². The van der Waals surface area contributed by atoms with E-state index in [1.807, 2.05) is 0 Å². The molecule has 2 N–H and O–H groups in total. The van der Waals surface area contributed by atoms with Gasteiger partial charge in [0, 0.05) is 19.5 Å². The number of hydrogen-bond donors (Lipinski definition) is 2. The van der Waals surface area contributed by atoms with E-state index in [2.05, 4.69) is 39.2 Å². The quantitative estimate of drug-likeness (QED) is 0.821. The molecule has 2 rings (SSSR count). The SMILES string of the molecule is CCCc1nc(C(=O)NCCN2CCC(C)CC2)n[nH]1. The summed E-state index contributed by atoms with van der Waals surface area (Å²) in [6.07, 6.45) is 4.33. The average Bonchev–Trinajstić information content (AvgIpc) is 2.90. The van der Waals surface area contributed by atoms with E-state index in [0.717, 1.165) is 44.2 Å². The minimum atomic E-state index is -0.186. The first-order valence-corrected chi connectivity index (χ1v) is 7.61. The molecule has 0 aromatic carbocycles. The van der Waals surface area contributed by atoms with E-state index in [-0.39, 0.29) is 11.7 Å². The predicted molar refractivity (Wildman–Crippen MR) is 77.5 cm³/mol. The van der Waals surface area contributed by atoms with Crippen LogP contribution < -0.4 is 5.32 Å². The smallest absolute Gasteiger partial charge is 0.291 e. The van der Waals surface area contributed by atoms with E-state index in [9.17, 15) is 4.79 Å². The molecular formula is C14H25N5O. The fourth-order valence-electron chi connectivity index (χ4n) is 2.44. The second-order valence-corrected chi connectivity index (χ2v) is 5.64. The third kappa shape index (κ3) is 4.30. The van der Waals surface area contributed by atoms with Crippen LogP contribution in [0.1, 0.15) is 49.6 Å². The van der Waals surface area contributed by atoms with Crippen molar-refractivity contribution in [3.8, 4) is 0 Å². The lowest BCUT2D eigenvalue weighted by Gasteiger charge is -2.29. The van der Waals surface area contributed by atoms with Crippen LogP contribution in [-0.2, 0) is 6.42 Å². The van der Waals surface area contributed by atoms with Gasteiger partial charge in [0.05, 0.1) is 0 Å². The van der Waals surface area contributed by atoms with Crippen LogP contribution >= 0.6 is 0 Å². The fraction of sp³-hybridized carbons (Fsp3) is 0.786. The second kappa shape index (κ2) is 7.38. The van der Waals surface area contributed by atoms with Crippen LogP contribution in [0.5, 0.6) is 0 Å². The van der Waals surface area contributed by atoms with E-state index in [0.29, 0.717) is 6.54 Å². The molecule has 112 valence electrons. The number of piperidine rings is 1. The Morgan fingerprint density at radius 2 is 2.20 bits per heavy atom. The Labute approximate surface area is 120 Å². The van der Waals surface area contributed by atoms with Crippen LogP contribution in [0.4, 0.5) is 0 Å². The van der Waals surface area contributed by atoms with Crippen molar-refractivity contribution < 1.29 is 4.79 Å². The van der Waals surface area contributed by atoms with Gasteiger partial charge in [-0.05, 0) is 38.3 Å². The molecule has 0 aliphatic carbocycles. The molecule has 1 aromatic heterocycles. The Bertz CT molecular complexity index is 423. The van der Waals surface area contributed by atoms with Crippen molar-refractivity contribution in [3.05, 3.63) is 11.6 Å². The normalized spacial score (nSPS) is 17.3. The highest BCUT2D eigenvalue weighted by molar-refractivity contribution is 5.90. The molecule has 6 nitrogen and oxygen atoms in total. The third-order valence-electron chi connectivity index (χ3n) is 3.81. The van der Waals surface area contributed by atoms with Crippen LogP contribution in [0.2, 0.25) is 0 Å². The summed E-state index contributed by atoms with van der Waals surface area (Å²) in [6.45, 7) is 8.21. The van der Waals surface area contributed by atoms with Gasteiger partial charge in [0.2, 0.25) is 5.82 Å². The first-order chi connectivity index (χ1) is 9.69. The lowest BCUT2D eigenvalue weighted by molar-refractivity contribution is 0.0934. The van der Waals surface area contributed by atoms with Crippen molar-refractivity contribution in [2.45, 2.75) is 39.5 Å². The van der Waals surface area contributed by atoms with Crippen LogP contribution in [0.25, 0.3) is 0 Å². The lowest BCUT2D eigenvalue weighted by atomic mass is 9.99. The summed E-state index contributed by atoms with van der Waals surface area (Å²) in [5, 5.41) is 9.64. The Morgan fingerprint density at radius 3 is 2.90 bits per heavy atom. The molecule has 1 aliphatic rings. The first kappa shape index (κ1) is 15.0. The van der Waals surface area contributed by atoms with Gasteiger partial charge in [-0.1, -0.05) is 13.8 Å². The number of carbonyl (C=O) groups excluding carboxylic acids is 1.